The fourth-order valence-electron chi connectivity index (χ4n) is 2.02. The largest absolute Gasteiger partial charge is 0.381 e. The zero-order chi connectivity index (χ0) is 13.9. The van der Waals surface area contributed by atoms with E-state index >= 15 is 0 Å². The van der Waals surface area contributed by atoms with Crippen molar-refractivity contribution in [1.29, 1.82) is 0 Å². The van der Waals surface area contributed by atoms with E-state index in [0.29, 0.717) is 6.54 Å². The Hall–Kier alpha value is -2.89. The lowest BCUT2D eigenvalue weighted by Gasteiger charge is -2.04. The van der Waals surface area contributed by atoms with Crippen LogP contribution in [-0.4, -0.2) is 14.5 Å². The molecule has 2 heterocycles. The number of non-ortho nitro benzene ring substituents is 1. The molecule has 20 heavy (non-hydrogen) atoms. The third kappa shape index (κ3) is 2.31. The molecule has 0 saturated heterocycles. The minimum atomic E-state index is -0.408. The van der Waals surface area contributed by atoms with Gasteiger partial charge in [0.25, 0.3) is 5.69 Å². The van der Waals surface area contributed by atoms with Crippen LogP contribution in [0.1, 0.15) is 5.56 Å². The van der Waals surface area contributed by atoms with Crippen LogP contribution in [0.5, 0.6) is 0 Å². The lowest BCUT2D eigenvalue weighted by atomic mass is 10.2. The van der Waals surface area contributed by atoms with Crippen LogP contribution in [0.2, 0.25) is 0 Å². The summed E-state index contributed by atoms with van der Waals surface area (Å²) >= 11 is 0. The van der Waals surface area contributed by atoms with Crippen molar-refractivity contribution in [1.82, 2.24) is 9.61 Å². The number of hydrogen-bond donors (Lipinski definition) is 1. The van der Waals surface area contributed by atoms with Crippen molar-refractivity contribution in [2.24, 2.45) is 0 Å². The summed E-state index contributed by atoms with van der Waals surface area (Å²) < 4.78 is 1.81. The minimum Gasteiger partial charge on any atom is -0.381 e. The Kier molecular flexibility index (Phi) is 3.04. The van der Waals surface area contributed by atoms with Gasteiger partial charge in [0.15, 0.2) is 0 Å². The van der Waals surface area contributed by atoms with Crippen LogP contribution >= 0.6 is 0 Å². The number of hydrogen-bond acceptors (Lipinski definition) is 4. The van der Waals surface area contributed by atoms with Gasteiger partial charge in [-0.05, 0) is 24.3 Å². The van der Waals surface area contributed by atoms with Gasteiger partial charge in [0, 0.05) is 36.1 Å². The molecule has 0 saturated carbocycles. The van der Waals surface area contributed by atoms with Gasteiger partial charge >= 0.3 is 0 Å². The maximum Gasteiger partial charge on any atom is 0.269 e. The fourth-order valence-corrected chi connectivity index (χ4v) is 2.02. The summed E-state index contributed by atoms with van der Waals surface area (Å²) in [6, 6.07) is 12.3. The molecule has 0 atom stereocenters. The lowest BCUT2D eigenvalue weighted by Crippen LogP contribution is -1.99. The van der Waals surface area contributed by atoms with E-state index in [1.165, 1.54) is 12.1 Å². The predicted molar refractivity (Wildman–Crippen MR) is 75.6 cm³/mol. The van der Waals surface area contributed by atoms with Gasteiger partial charge in [0.2, 0.25) is 0 Å². The second-order valence-electron chi connectivity index (χ2n) is 4.36. The average molecular weight is 268 g/mol. The predicted octanol–water partition coefficient (Wildman–Crippen LogP) is 2.85. The van der Waals surface area contributed by atoms with Crippen LogP contribution < -0.4 is 5.32 Å². The average Bonchev–Trinajstić information content (AvgIpc) is 2.89. The molecule has 100 valence electrons. The lowest BCUT2D eigenvalue weighted by molar-refractivity contribution is -0.384. The van der Waals surface area contributed by atoms with Gasteiger partial charge < -0.3 is 5.32 Å². The van der Waals surface area contributed by atoms with Crippen LogP contribution in [0.3, 0.4) is 0 Å². The van der Waals surface area contributed by atoms with Crippen molar-refractivity contribution in [2.45, 2.75) is 6.54 Å². The standard InChI is InChI=1S/C14H12N4O2/c19-18(20)13-6-4-12(5-7-13)15-9-11-10-16-17-8-2-1-3-14(11)17/h1-8,10,15H,9H2. The number of benzene rings is 1. The smallest absolute Gasteiger partial charge is 0.269 e. The summed E-state index contributed by atoms with van der Waals surface area (Å²) in [6.07, 6.45) is 3.71. The highest BCUT2D eigenvalue weighted by molar-refractivity contribution is 5.56. The summed E-state index contributed by atoms with van der Waals surface area (Å²) in [5.74, 6) is 0. The summed E-state index contributed by atoms with van der Waals surface area (Å²) in [7, 11) is 0. The zero-order valence-electron chi connectivity index (χ0n) is 10.6. The van der Waals surface area contributed by atoms with E-state index in [-0.39, 0.29) is 5.69 Å². The molecule has 0 radical (unpaired) electrons. The van der Waals surface area contributed by atoms with E-state index in [4.69, 9.17) is 0 Å². The Morgan fingerprint density at radius 3 is 2.75 bits per heavy atom. The number of pyridine rings is 1. The third-order valence-electron chi connectivity index (χ3n) is 3.07. The number of nitro groups is 1. The quantitative estimate of drug-likeness (QED) is 0.583. The van der Waals surface area contributed by atoms with Gasteiger partial charge in [-0.3, -0.25) is 10.1 Å². The maximum absolute atomic E-state index is 10.6. The van der Waals surface area contributed by atoms with Gasteiger partial charge in [-0.25, -0.2) is 4.52 Å². The molecule has 0 aliphatic carbocycles. The minimum absolute atomic E-state index is 0.0894. The first kappa shape index (κ1) is 12.2. The van der Waals surface area contributed by atoms with Gasteiger partial charge in [-0.15, -0.1) is 0 Å². The van der Waals surface area contributed by atoms with Crippen LogP contribution in [0.4, 0.5) is 11.4 Å². The molecular weight excluding hydrogens is 256 g/mol. The molecule has 3 rings (SSSR count). The number of nitrogens with zero attached hydrogens (tertiary/aromatic N) is 3. The highest BCUT2D eigenvalue weighted by Crippen LogP contribution is 2.17. The monoisotopic (exact) mass is 268 g/mol. The van der Waals surface area contributed by atoms with Gasteiger partial charge in [-0.1, -0.05) is 6.07 Å². The van der Waals surface area contributed by atoms with Crippen molar-refractivity contribution < 1.29 is 4.92 Å². The zero-order valence-corrected chi connectivity index (χ0v) is 10.6. The summed E-state index contributed by atoms with van der Waals surface area (Å²) in [5.41, 5.74) is 3.04. The van der Waals surface area contributed by atoms with E-state index in [0.717, 1.165) is 16.8 Å². The molecule has 0 unspecified atom stereocenters. The Morgan fingerprint density at radius 2 is 2.00 bits per heavy atom. The maximum atomic E-state index is 10.6. The van der Waals surface area contributed by atoms with Gasteiger partial charge in [0.05, 0.1) is 16.6 Å². The van der Waals surface area contributed by atoms with Crippen LogP contribution in [0.25, 0.3) is 5.52 Å². The first-order valence-electron chi connectivity index (χ1n) is 6.13. The Bertz CT molecular complexity index is 749. The normalized spacial score (nSPS) is 10.6. The Labute approximate surface area is 114 Å². The number of nitrogens with one attached hydrogen (secondary N) is 1. The Balaban J connectivity index is 1.74. The number of anilines is 1. The van der Waals surface area contributed by atoms with E-state index in [1.54, 1.807) is 12.1 Å². The Morgan fingerprint density at radius 1 is 1.20 bits per heavy atom. The fraction of sp³-hybridized carbons (Fsp3) is 0.0714. The molecule has 1 aromatic carbocycles. The van der Waals surface area contributed by atoms with E-state index in [9.17, 15) is 10.1 Å². The molecule has 2 aromatic heterocycles. The molecule has 0 spiro atoms. The SMILES string of the molecule is O=[N+]([O-])c1ccc(NCc2cnn3ccccc23)cc1. The number of fused-ring (bicyclic) bond motifs is 1. The second-order valence-corrected chi connectivity index (χ2v) is 4.36. The van der Waals surface area contributed by atoms with E-state index < -0.39 is 4.92 Å². The highest BCUT2D eigenvalue weighted by atomic mass is 16.6. The highest BCUT2D eigenvalue weighted by Gasteiger charge is 2.05. The van der Waals surface area contributed by atoms with Crippen LogP contribution in [0, 0.1) is 10.1 Å². The van der Waals surface area contributed by atoms with Crippen molar-refractivity contribution in [3.63, 3.8) is 0 Å². The van der Waals surface area contributed by atoms with E-state index in [1.807, 2.05) is 35.1 Å². The van der Waals surface area contributed by atoms with Crippen molar-refractivity contribution in [3.8, 4) is 0 Å². The summed E-state index contributed by atoms with van der Waals surface area (Å²) in [4.78, 5) is 10.2. The number of aromatic nitrogens is 2. The molecule has 0 aliphatic heterocycles. The summed E-state index contributed by atoms with van der Waals surface area (Å²) in [6.45, 7) is 0.616. The third-order valence-corrected chi connectivity index (χ3v) is 3.07. The molecule has 0 bridgehead atoms. The molecule has 0 amide bonds. The molecule has 0 aliphatic rings. The van der Waals surface area contributed by atoms with Crippen LogP contribution in [-0.2, 0) is 6.54 Å². The van der Waals surface area contributed by atoms with Gasteiger partial charge in [-0.2, -0.15) is 5.10 Å². The number of rotatable bonds is 4. The summed E-state index contributed by atoms with van der Waals surface area (Å²) in [5, 5.41) is 18.1. The first-order chi connectivity index (χ1) is 9.74. The topological polar surface area (TPSA) is 72.5 Å². The number of nitro benzene ring substituents is 1. The van der Waals surface area contributed by atoms with Crippen molar-refractivity contribution in [2.75, 3.05) is 5.32 Å². The van der Waals surface area contributed by atoms with E-state index in [2.05, 4.69) is 10.4 Å². The second kappa shape index (κ2) is 5.00. The van der Waals surface area contributed by atoms with Gasteiger partial charge in [0.1, 0.15) is 0 Å². The van der Waals surface area contributed by atoms with Crippen molar-refractivity contribution >= 4 is 16.9 Å². The molecule has 6 nitrogen and oxygen atoms in total. The van der Waals surface area contributed by atoms with Crippen LogP contribution in [0.15, 0.2) is 54.9 Å². The molecule has 0 fully saturated rings. The molecule has 1 N–H and O–H groups in total. The molecule has 6 heteroatoms. The molecule has 3 aromatic rings. The van der Waals surface area contributed by atoms with Crippen molar-refractivity contribution in [3.05, 3.63) is 70.5 Å². The first-order valence-corrected chi connectivity index (χ1v) is 6.13. The molecular formula is C14H12N4O2.